The zero-order chi connectivity index (χ0) is 14.5. The van der Waals surface area contributed by atoms with Crippen LogP contribution in [0.5, 0.6) is 0 Å². The van der Waals surface area contributed by atoms with Crippen LogP contribution in [0.3, 0.4) is 0 Å². The minimum absolute atomic E-state index is 0.102. The zero-order valence-electron chi connectivity index (χ0n) is 11.2. The van der Waals surface area contributed by atoms with Gasteiger partial charge in [-0.1, -0.05) is 34.1 Å². The predicted octanol–water partition coefficient (Wildman–Crippen LogP) is 4.58. The van der Waals surface area contributed by atoms with Gasteiger partial charge in [0.25, 0.3) is 0 Å². The van der Waals surface area contributed by atoms with E-state index in [0.29, 0.717) is 5.33 Å². The number of hydrogen-bond donors (Lipinski definition) is 1. The molecule has 5 heteroatoms. The molecule has 3 nitrogen and oxygen atoms in total. The normalized spacial score (nSPS) is 11.6. The first kappa shape index (κ1) is 15.7. The summed E-state index contributed by atoms with van der Waals surface area (Å²) in [5, 5.41) is 3.08. The van der Waals surface area contributed by atoms with Crippen LogP contribution in [-0.2, 0) is 4.74 Å². The lowest BCUT2D eigenvalue weighted by Crippen LogP contribution is -2.27. The summed E-state index contributed by atoms with van der Waals surface area (Å²) in [6.07, 6.45) is 2.97. The quantitative estimate of drug-likeness (QED) is 0.824. The van der Waals surface area contributed by atoms with Crippen LogP contribution in [0.15, 0.2) is 24.3 Å². The first-order valence-corrected chi connectivity index (χ1v) is 6.96. The van der Waals surface area contributed by atoms with Crippen molar-refractivity contribution in [3.63, 3.8) is 0 Å². The SMILES string of the molecule is CC(C)(C)OC(=O)Nc1ccc(C=CCBr)cc1F. The van der Waals surface area contributed by atoms with Crippen molar-refractivity contribution in [2.45, 2.75) is 26.4 Å². The molecular formula is C14H17BrFNO2. The third-order valence-corrected chi connectivity index (χ3v) is 2.40. The minimum Gasteiger partial charge on any atom is -0.444 e. The Morgan fingerprint density at radius 1 is 1.47 bits per heavy atom. The molecule has 0 saturated heterocycles. The van der Waals surface area contributed by atoms with Gasteiger partial charge in [0.05, 0.1) is 5.69 Å². The van der Waals surface area contributed by atoms with E-state index in [9.17, 15) is 9.18 Å². The van der Waals surface area contributed by atoms with E-state index in [4.69, 9.17) is 4.74 Å². The van der Waals surface area contributed by atoms with Gasteiger partial charge in [0.15, 0.2) is 0 Å². The second-order valence-electron chi connectivity index (χ2n) is 4.92. The molecule has 19 heavy (non-hydrogen) atoms. The highest BCUT2D eigenvalue weighted by Crippen LogP contribution is 2.18. The number of rotatable bonds is 3. The van der Waals surface area contributed by atoms with Gasteiger partial charge < -0.3 is 4.74 Å². The molecular weight excluding hydrogens is 313 g/mol. The Bertz CT molecular complexity index is 481. The molecule has 0 atom stereocenters. The van der Waals surface area contributed by atoms with Crippen molar-refractivity contribution in [3.05, 3.63) is 35.7 Å². The number of hydrogen-bond acceptors (Lipinski definition) is 2. The third kappa shape index (κ3) is 5.87. The summed E-state index contributed by atoms with van der Waals surface area (Å²) in [6, 6.07) is 4.58. The molecule has 1 aromatic carbocycles. The highest BCUT2D eigenvalue weighted by molar-refractivity contribution is 9.09. The van der Waals surface area contributed by atoms with Gasteiger partial charge >= 0.3 is 6.09 Å². The van der Waals surface area contributed by atoms with Crippen LogP contribution in [0, 0.1) is 5.82 Å². The monoisotopic (exact) mass is 329 g/mol. The highest BCUT2D eigenvalue weighted by atomic mass is 79.9. The first-order valence-electron chi connectivity index (χ1n) is 5.84. The van der Waals surface area contributed by atoms with Gasteiger partial charge in [0.2, 0.25) is 0 Å². The van der Waals surface area contributed by atoms with Gasteiger partial charge in [-0.15, -0.1) is 0 Å². The number of carbonyl (C=O) groups is 1. The molecule has 0 spiro atoms. The van der Waals surface area contributed by atoms with E-state index in [1.165, 1.54) is 12.1 Å². The maximum absolute atomic E-state index is 13.8. The molecule has 0 heterocycles. The highest BCUT2D eigenvalue weighted by Gasteiger charge is 2.17. The molecule has 104 valence electrons. The molecule has 1 amide bonds. The van der Waals surface area contributed by atoms with E-state index in [2.05, 4.69) is 21.2 Å². The molecule has 1 N–H and O–H groups in total. The Morgan fingerprint density at radius 3 is 2.68 bits per heavy atom. The van der Waals surface area contributed by atoms with Crippen molar-refractivity contribution in [1.29, 1.82) is 0 Å². The molecule has 0 unspecified atom stereocenters. The van der Waals surface area contributed by atoms with E-state index in [1.807, 2.05) is 6.08 Å². The smallest absolute Gasteiger partial charge is 0.412 e. The molecule has 0 bridgehead atoms. The maximum atomic E-state index is 13.8. The number of alkyl halides is 1. The number of allylic oxidation sites excluding steroid dienone is 1. The summed E-state index contributed by atoms with van der Waals surface area (Å²) in [6.45, 7) is 5.24. The number of halogens is 2. The molecule has 0 aromatic heterocycles. The summed E-state index contributed by atoms with van der Waals surface area (Å²) in [5.74, 6) is -0.498. The average molecular weight is 330 g/mol. The van der Waals surface area contributed by atoms with E-state index in [0.717, 1.165) is 5.56 Å². The fourth-order valence-electron chi connectivity index (χ4n) is 1.33. The van der Waals surface area contributed by atoms with Gasteiger partial charge in [0.1, 0.15) is 11.4 Å². The van der Waals surface area contributed by atoms with Gasteiger partial charge in [-0.05, 0) is 38.5 Å². The Labute approximate surface area is 121 Å². The second kappa shape index (κ2) is 6.70. The van der Waals surface area contributed by atoms with Gasteiger partial charge in [-0.25, -0.2) is 9.18 Å². The number of amides is 1. The van der Waals surface area contributed by atoms with E-state index < -0.39 is 17.5 Å². The minimum atomic E-state index is -0.671. The third-order valence-electron chi connectivity index (χ3n) is 2.03. The number of ether oxygens (including phenoxy) is 1. The number of anilines is 1. The van der Waals surface area contributed by atoms with Crippen molar-refractivity contribution in [1.82, 2.24) is 0 Å². The molecule has 0 aliphatic rings. The van der Waals surface area contributed by atoms with Gasteiger partial charge in [-0.3, -0.25) is 5.32 Å². The fourth-order valence-corrected chi connectivity index (χ4v) is 1.52. The van der Waals surface area contributed by atoms with Crippen molar-refractivity contribution < 1.29 is 13.9 Å². The molecule has 0 fully saturated rings. The lowest BCUT2D eigenvalue weighted by Gasteiger charge is -2.19. The Hall–Kier alpha value is -1.36. The zero-order valence-corrected chi connectivity index (χ0v) is 12.8. The molecule has 0 aliphatic heterocycles. The average Bonchev–Trinajstić information content (AvgIpc) is 2.27. The number of nitrogens with one attached hydrogen (secondary N) is 1. The van der Waals surface area contributed by atoms with E-state index >= 15 is 0 Å². The van der Waals surface area contributed by atoms with Gasteiger partial charge in [-0.2, -0.15) is 0 Å². The van der Waals surface area contributed by atoms with Crippen molar-refractivity contribution in [2.75, 3.05) is 10.6 Å². The van der Waals surface area contributed by atoms with Crippen LogP contribution < -0.4 is 5.32 Å². The fraction of sp³-hybridized carbons (Fsp3) is 0.357. The Morgan fingerprint density at radius 2 is 2.16 bits per heavy atom. The molecule has 0 aliphatic carbocycles. The van der Waals surface area contributed by atoms with Gasteiger partial charge in [0, 0.05) is 5.33 Å². The summed E-state index contributed by atoms with van der Waals surface area (Å²) >= 11 is 3.25. The van der Waals surface area contributed by atoms with Crippen LogP contribution in [0.4, 0.5) is 14.9 Å². The standard InChI is InChI=1S/C14H17BrFNO2/c1-14(2,3)19-13(18)17-12-7-6-10(5-4-8-15)9-11(12)16/h4-7,9H,8H2,1-3H3,(H,17,18). The van der Waals surface area contributed by atoms with Crippen LogP contribution in [0.25, 0.3) is 6.08 Å². The second-order valence-corrected chi connectivity index (χ2v) is 5.57. The van der Waals surface area contributed by atoms with Crippen molar-refractivity contribution >= 4 is 33.8 Å². The van der Waals surface area contributed by atoms with Crippen LogP contribution in [0.2, 0.25) is 0 Å². The van der Waals surface area contributed by atoms with Crippen LogP contribution in [-0.4, -0.2) is 17.0 Å². The summed E-state index contributed by atoms with van der Waals surface area (Å²) in [7, 11) is 0. The molecule has 0 saturated carbocycles. The predicted molar refractivity (Wildman–Crippen MR) is 79.1 cm³/mol. The van der Waals surface area contributed by atoms with Crippen LogP contribution >= 0.6 is 15.9 Å². The lowest BCUT2D eigenvalue weighted by atomic mass is 10.2. The van der Waals surface area contributed by atoms with E-state index in [-0.39, 0.29) is 5.69 Å². The van der Waals surface area contributed by atoms with Crippen molar-refractivity contribution in [3.8, 4) is 0 Å². The topological polar surface area (TPSA) is 38.3 Å². The lowest BCUT2D eigenvalue weighted by molar-refractivity contribution is 0.0635. The number of benzene rings is 1. The molecule has 1 rings (SSSR count). The summed E-state index contributed by atoms with van der Waals surface area (Å²) in [5.41, 5.74) is 0.219. The molecule has 0 radical (unpaired) electrons. The maximum Gasteiger partial charge on any atom is 0.412 e. The summed E-state index contributed by atoms with van der Waals surface area (Å²) < 4.78 is 18.8. The summed E-state index contributed by atoms with van der Waals surface area (Å²) in [4.78, 5) is 11.5. The Balaban J connectivity index is 2.75. The van der Waals surface area contributed by atoms with Crippen molar-refractivity contribution in [2.24, 2.45) is 0 Å². The number of carbonyl (C=O) groups excluding carboxylic acids is 1. The van der Waals surface area contributed by atoms with E-state index in [1.54, 1.807) is 32.9 Å². The Kier molecular flexibility index (Phi) is 5.54. The van der Waals surface area contributed by atoms with Crippen LogP contribution in [0.1, 0.15) is 26.3 Å². The largest absolute Gasteiger partial charge is 0.444 e. The first-order chi connectivity index (χ1) is 8.81. The molecule has 1 aromatic rings.